The molecule has 0 radical (unpaired) electrons. The molecular weight excluding hydrogens is 422 g/mol. The van der Waals surface area contributed by atoms with Crippen molar-refractivity contribution >= 4 is 17.5 Å². The molecule has 0 N–H and O–H groups in total. The van der Waals surface area contributed by atoms with Crippen molar-refractivity contribution in [3.63, 3.8) is 0 Å². The van der Waals surface area contributed by atoms with Crippen molar-refractivity contribution in [2.24, 2.45) is 0 Å². The SMILES string of the molecule is N#CCCN(Cc1cccnc1)C(=O)c1cc(-c2ccccc2)nn1-c1ccc(Cl)cc1. The number of aromatic nitrogens is 3. The molecule has 158 valence electrons. The normalized spacial score (nSPS) is 10.5. The maximum Gasteiger partial charge on any atom is 0.272 e. The first-order valence-corrected chi connectivity index (χ1v) is 10.5. The first kappa shape index (κ1) is 21.3. The van der Waals surface area contributed by atoms with E-state index in [0.29, 0.717) is 29.5 Å². The lowest BCUT2D eigenvalue weighted by atomic mass is 10.1. The van der Waals surface area contributed by atoms with E-state index in [2.05, 4.69) is 11.1 Å². The van der Waals surface area contributed by atoms with Gasteiger partial charge in [0.1, 0.15) is 5.69 Å². The molecule has 0 unspecified atom stereocenters. The van der Waals surface area contributed by atoms with E-state index in [0.717, 1.165) is 16.8 Å². The molecule has 0 fully saturated rings. The van der Waals surface area contributed by atoms with Gasteiger partial charge in [0.25, 0.3) is 5.91 Å². The van der Waals surface area contributed by atoms with E-state index in [1.807, 2.05) is 54.6 Å². The molecule has 0 spiro atoms. The Morgan fingerprint density at radius 2 is 1.84 bits per heavy atom. The van der Waals surface area contributed by atoms with Gasteiger partial charge < -0.3 is 4.90 Å². The van der Waals surface area contributed by atoms with E-state index in [1.165, 1.54) is 0 Å². The third-order valence-corrected chi connectivity index (χ3v) is 5.20. The highest BCUT2D eigenvalue weighted by atomic mass is 35.5. The second kappa shape index (κ2) is 9.90. The summed E-state index contributed by atoms with van der Waals surface area (Å²) >= 11 is 6.06. The minimum Gasteiger partial charge on any atom is -0.332 e. The number of carbonyl (C=O) groups is 1. The Morgan fingerprint density at radius 3 is 2.53 bits per heavy atom. The molecule has 0 aliphatic heterocycles. The minimum atomic E-state index is -0.214. The van der Waals surface area contributed by atoms with Crippen LogP contribution in [0.1, 0.15) is 22.5 Å². The smallest absolute Gasteiger partial charge is 0.272 e. The zero-order valence-corrected chi connectivity index (χ0v) is 18.0. The van der Waals surface area contributed by atoms with E-state index in [9.17, 15) is 4.79 Å². The van der Waals surface area contributed by atoms with Gasteiger partial charge in [-0.3, -0.25) is 9.78 Å². The summed E-state index contributed by atoms with van der Waals surface area (Å²) in [5, 5.41) is 14.4. The summed E-state index contributed by atoms with van der Waals surface area (Å²) in [6, 6.07) is 24.5. The first-order valence-electron chi connectivity index (χ1n) is 10.1. The van der Waals surface area contributed by atoms with Crippen molar-refractivity contribution in [2.75, 3.05) is 6.54 Å². The highest BCUT2D eigenvalue weighted by Crippen LogP contribution is 2.24. The lowest BCUT2D eigenvalue weighted by molar-refractivity contribution is 0.0737. The summed E-state index contributed by atoms with van der Waals surface area (Å²) in [5.41, 5.74) is 3.62. The Kier molecular flexibility index (Phi) is 6.59. The lowest BCUT2D eigenvalue weighted by Crippen LogP contribution is -2.33. The quantitative estimate of drug-likeness (QED) is 0.397. The molecular formula is C25H20ClN5O. The van der Waals surface area contributed by atoms with Crippen LogP contribution < -0.4 is 0 Å². The van der Waals surface area contributed by atoms with Crippen molar-refractivity contribution in [1.29, 1.82) is 5.26 Å². The third-order valence-electron chi connectivity index (χ3n) is 4.95. The summed E-state index contributed by atoms with van der Waals surface area (Å²) in [4.78, 5) is 19.5. The van der Waals surface area contributed by atoms with E-state index in [4.69, 9.17) is 22.0 Å². The van der Waals surface area contributed by atoms with Crippen LogP contribution in [0, 0.1) is 11.3 Å². The molecule has 0 saturated heterocycles. The predicted octanol–water partition coefficient (Wildman–Crippen LogP) is 5.14. The van der Waals surface area contributed by atoms with Crippen LogP contribution in [0.3, 0.4) is 0 Å². The molecule has 2 heterocycles. The van der Waals surface area contributed by atoms with Gasteiger partial charge in [-0.25, -0.2) is 4.68 Å². The molecule has 7 heteroatoms. The molecule has 32 heavy (non-hydrogen) atoms. The predicted molar refractivity (Wildman–Crippen MR) is 123 cm³/mol. The number of halogens is 1. The van der Waals surface area contributed by atoms with E-state index < -0.39 is 0 Å². The number of benzene rings is 2. The number of nitrogens with zero attached hydrogens (tertiary/aromatic N) is 5. The molecule has 0 bridgehead atoms. The fourth-order valence-electron chi connectivity index (χ4n) is 3.37. The first-order chi connectivity index (χ1) is 15.7. The Labute approximate surface area is 191 Å². The highest BCUT2D eigenvalue weighted by Gasteiger charge is 2.23. The molecule has 0 saturated carbocycles. The Balaban J connectivity index is 1.76. The lowest BCUT2D eigenvalue weighted by Gasteiger charge is -2.22. The number of amides is 1. The maximum atomic E-state index is 13.7. The number of carbonyl (C=O) groups excluding carboxylic acids is 1. The average Bonchev–Trinajstić information content (AvgIpc) is 3.28. The second-order valence-electron chi connectivity index (χ2n) is 7.17. The van der Waals surface area contributed by atoms with Gasteiger partial charge in [0, 0.05) is 36.1 Å². The van der Waals surface area contributed by atoms with Crippen LogP contribution in [0.2, 0.25) is 5.02 Å². The van der Waals surface area contributed by atoms with Crippen LogP contribution in [-0.4, -0.2) is 32.1 Å². The van der Waals surface area contributed by atoms with Gasteiger partial charge in [0.2, 0.25) is 0 Å². The van der Waals surface area contributed by atoms with Gasteiger partial charge in [-0.05, 0) is 42.0 Å². The number of hydrogen-bond donors (Lipinski definition) is 0. The number of nitriles is 1. The van der Waals surface area contributed by atoms with Gasteiger partial charge >= 0.3 is 0 Å². The zero-order chi connectivity index (χ0) is 22.3. The van der Waals surface area contributed by atoms with Crippen LogP contribution in [-0.2, 0) is 6.54 Å². The average molecular weight is 442 g/mol. The molecule has 4 aromatic rings. The summed E-state index contributed by atoms with van der Waals surface area (Å²) in [5.74, 6) is -0.214. The minimum absolute atomic E-state index is 0.214. The largest absolute Gasteiger partial charge is 0.332 e. The fourth-order valence-corrected chi connectivity index (χ4v) is 3.50. The van der Waals surface area contributed by atoms with Crippen LogP contribution in [0.4, 0.5) is 0 Å². The van der Waals surface area contributed by atoms with E-state index in [1.54, 1.807) is 40.2 Å². The van der Waals surface area contributed by atoms with Gasteiger partial charge in [0.15, 0.2) is 0 Å². The van der Waals surface area contributed by atoms with Crippen molar-refractivity contribution in [2.45, 2.75) is 13.0 Å². The second-order valence-corrected chi connectivity index (χ2v) is 7.60. The fraction of sp³-hybridized carbons (Fsp3) is 0.120. The zero-order valence-electron chi connectivity index (χ0n) is 17.2. The monoisotopic (exact) mass is 441 g/mol. The van der Waals surface area contributed by atoms with Crippen LogP contribution in [0.5, 0.6) is 0 Å². The Morgan fingerprint density at radius 1 is 1.06 bits per heavy atom. The third kappa shape index (κ3) is 4.85. The molecule has 0 aliphatic rings. The van der Waals surface area contributed by atoms with Crippen LogP contribution in [0.25, 0.3) is 16.9 Å². The Hall–Kier alpha value is -3.95. The van der Waals surface area contributed by atoms with E-state index in [-0.39, 0.29) is 12.3 Å². The van der Waals surface area contributed by atoms with Gasteiger partial charge in [-0.2, -0.15) is 10.4 Å². The van der Waals surface area contributed by atoms with E-state index >= 15 is 0 Å². The van der Waals surface area contributed by atoms with Crippen LogP contribution >= 0.6 is 11.6 Å². The summed E-state index contributed by atoms with van der Waals surface area (Å²) < 4.78 is 1.63. The topological polar surface area (TPSA) is 74.8 Å². The van der Waals surface area contributed by atoms with Gasteiger partial charge in [-0.15, -0.1) is 0 Å². The van der Waals surface area contributed by atoms with Gasteiger partial charge in [0.05, 0.1) is 23.9 Å². The standard InChI is InChI=1S/C25H20ClN5O/c26-21-9-11-22(12-10-21)31-24(16-23(29-31)20-7-2-1-3-8-20)25(32)30(15-5-13-27)18-19-6-4-14-28-17-19/h1-4,6-12,14,16-17H,5,15,18H2. The molecule has 0 aliphatic carbocycles. The molecule has 2 aromatic carbocycles. The molecule has 2 aromatic heterocycles. The summed E-state index contributed by atoms with van der Waals surface area (Å²) in [7, 11) is 0. The van der Waals surface area contributed by atoms with Crippen molar-refractivity contribution < 1.29 is 4.79 Å². The molecule has 0 atom stereocenters. The number of rotatable bonds is 7. The van der Waals surface area contributed by atoms with Crippen molar-refractivity contribution in [1.82, 2.24) is 19.7 Å². The highest BCUT2D eigenvalue weighted by molar-refractivity contribution is 6.30. The molecule has 6 nitrogen and oxygen atoms in total. The molecule has 4 rings (SSSR count). The number of pyridine rings is 1. The van der Waals surface area contributed by atoms with Crippen molar-refractivity contribution in [3.8, 4) is 23.0 Å². The summed E-state index contributed by atoms with van der Waals surface area (Å²) in [6.07, 6.45) is 3.64. The summed E-state index contributed by atoms with van der Waals surface area (Å²) in [6.45, 7) is 0.650. The number of hydrogen-bond acceptors (Lipinski definition) is 4. The maximum absolute atomic E-state index is 13.7. The van der Waals surface area contributed by atoms with Crippen molar-refractivity contribution in [3.05, 3.63) is 101 Å². The van der Waals surface area contributed by atoms with Gasteiger partial charge in [-0.1, -0.05) is 48.0 Å². The van der Waals surface area contributed by atoms with Crippen LogP contribution in [0.15, 0.2) is 85.2 Å². The molecule has 1 amide bonds. The Bertz CT molecular complexity index is 1230.